The summed E-state index contributed by atoms with van der Waals surface area (Å²) >= 11 is 0. The smallest absolute Gasteiger partial charge is 0.182 e. The van der Waals surface area contributed by atoms with E-state index >= 15 is 0 Å². The topological polar surface area (TPSA) is 90.2 Å². The number of pyridine rings is 4. The van der Waals surface area contributed by atoms with Gasteiger partial charge in [-0.3, -0.25) is 4.98 Å². The molecular weight excluding hydrogens is 759 g/mol. The summed E-state index contributed by atoms with van der Waals surface area (Å²) in [4.78, 5) is 35.0. The average Bonchev–Trinajstić information content (AvgIpc) is 3.35. The van der Waals surface area contributed by atoms with Gasteiger partial charge in [0.2, 0.25) is 0 Å². The average molecular weight is 792 g/mol. The van der Waals surface area contributed by atoms with Gasteiger partial charge in [-0.2, -0.15) is 0 Å². The first kappa shape index (κ1) is 35.4. The SMILES string of the molecule is c1ccc(-c2nc(-c3ccccc3)nc(-c3ccc4ccc(-c5ccc6ccc(-c7ccc(-c8ccc9ccc%10cccnc%10c9n8)c8ccccc78)nc6c5)cc4n3)n2)cc1. The summed E-state index contributed by atoms with van der Waals surface area (Å²) in [6.07, 6.45) is 1.83. The summed E-state index contributed by atoms with van der Waals surface area (Å²) in [5.74, 6) is 1.73. The third-order valence-corrected chi connectivity index (χ3v) is 11.6. The Labute approximate surface area is 356 Å². The molecule has 0 saturated carbocycles. The molecule has 7 aromatic carbocycles. The zero-order chi connectivity index (χ0) is 41.0. The van der Waals surface area contributed by atoms with E-state index in [9.17, 15) is 0 Å². The van der Waals surface area contributed by atoms with E-state index < -0.39 is 0 Å². The second-order valence-corrected chi connectivity index (χ2v) is 15.4. The predicted octanol–water partition coefficient (Wildman–Crippen LogP) is 13.2. The summed E-state index contributed by atoms with van der Waals surface area (Å²) in [6.45, 7) is 0. The second-order valence-electron chi connectivity index (χ2n) is 15.4. The number of hydrogen-bond donors (Lipinski definition) is 0. The Kier molecular flexibility index (Phi) is 8.35. The lowest BCUT2D eigenvalue weighted by Crippen LogP contribution is -2.01. The summed E-state index contributed by atoms with van der Waals surface area (Å²) < 4.78 is 0. The summed E-state index contributed by atoms with van der Waals surface area (Å²) in [7, 11) is 0. The summed E-state index contributed by atoms with van der Waals surface area (Å²) in [5.41, 5.74) is 12.1. The molecule has 0 N–H and O–H groups in total. The molecule has 5 heterocycles. The fourth-order valence-corrected chi connectivity index (χ4v) is 8.41. The van der Waals surface area contributed by atoms with Crippen LogP contribution in [0.1, 0.15) is 0 Å². The predicted molar refractivity (Wildman–Crippen MR) is 251 cm³/mol. The van der Waals surface area contributed by atoms with Gasteiger partial charge in [0.1, 0.15) is 5.69 Å². The van der Waals surface area contributed by atoms with Gasteiger partial charge in [0.05, 0.1) is 33.5 Å². The monoisotopic (exact) mass is 791 g/mol. The minimum atomic E-state index is 0.521. The Morgan fingerprint density at radius 1 is 0.274 bits per heavy atom. The highest BCUT2D eigenvalue weighted by Gasteiger charge is 2.16. The molecule has 0 amide bonds. The molecule has 0 aliphatic heterocycles. The number of fused-ring (bicyclic) bond motifs is 6. The van der Waals surface area contributed by atoms with E-state index in [1.807, 2.05) is 79.0 Å². The molecule has 0 spiro atoms. The summed E-state index contributed by atoms with van der Waals surface area (Å²) in [6, 6.07) is 66.5. The molecule has 62 heavy (non-hydrogen) atoms. The lowest BCUT2D eigenvalue weighted by atomic mass is 9.95. The molecule has 7 nitrogen and oxygen atoms in total. The van der Waals surface area contributed by atoms with Gasteiger partial charge in [-0.25, -0.2) is 29.9 Å². The molecule has 0 aliphatic carbocycles. The molecule has 0 fully saturated rings. The van der Waals surface area contributed by atoms with Crippen molar-refractivity contribution in [2.45, 2.75) is 0 Å². The molecule has 5 aromatic heterocycles. The van der Waals surface area contributed by atoms with Crippen LogP contribution >= 0.6 is 0 Å². The Hall–Kier alpha value is -8.55. The van der Waals surface area contributed by atoms with Gasteiger partial charge in [0.15, 0.2) is 17.5 Å². The van der Waals surface area contributed by atoms with Crippen molar-refractivity contribution in [1.29, 1.82) is 0 Å². The van der Waals surface area contributed by atoms with Crippen LogP contribution in [-0.4, -0.2) is 34.9 Å². The number of nitrogens with zero attached hydrogens (tertiary/aromatic N) is 7. The molecule has 0 saturated heterocycles. The van der Waals surface area contributed by atoms with Crippen molar-refractivity contribution in [3.8, 4) is 67.9 Å². The number of hydrogen-bond acceptors (Lipinski definition) is 7. The van der Waals surface area contributed by atoms with Crippen LogP contribution in [0.15, 0.2) is 200 Å². The van der Waals surface area contributed by atoms with Crippen molar-refractivity contribution in [3.05, 3.63) is 200 Å². The van der Waals surface area contributed by atoms with E-state index in [0.29, 0.717) is 23.2 Å². The molecule has 0 aliphatic rings. The first-order chi connectivity index (χ1) is 30.7. The van der Waals surface area contributed by atoms with Crippen molar-refractivity contribution < 1.29 is 0 Å². The fourth-order valence-electron chi connectivity index (χ4n) is 8.41. The molecule has 0 unspecified atom stereocenters. The third-order valence-electron chi connectivity index (χ3n) is 11.6. The molecule has 12 rings (SSSR count). The number of aromatic nitrogens is 7. The van der Waals surface area contributed by atoms with Gasteiger partial charge in [0.25, 0.3) is 0 Å². The quantitative estimate of drug-likeness (QED) is 0.155. The van der Waals surface area contributed by atoms with E-state index in [-0.39, 0.29) is 0 Å². The molecule has 288 valence electrons. The van der Waals surface area contributed by atoms with Gasteiger partial charge in [-0.05, 0) is 58.3 Å². The first-order valence-electron chi connectivity index (χ1n) is 20.5. The standard InChI is InChI=1S/C55H33N7/c1-3-10-38(11-4-1)53-60-54(39-12-5-2-6-13-39)62-55(61-53)48-30-24-35-18-22-41(33-50(35)58-48)40-21-17-34-23-28-46(57-49(34)32-40)44-26-27-45(43-16-8-7-15-42(43)44)47-29-25-37-20-19-36-14-9-31-56-51(36)52(37)59-47/h1-33H. The molecule has 7 heteroatoms. The van der Waals surface area contributed by atoms with Crippen molar-refractivity contribution in [2.24, 2.45) is 0 Å². The van der Waals surface area contributed by atoms with Crippen LogP contribution in [0.25, 0.3) is 122 Å². The molecule has 0 radical (unpaired) electrons. The highest BCUT2D eigenvalue weighted by molar-refractivity contribution is 6.07. The minimum absolute atomic E-state index is 0.521. The maximum absolute atomic E-state index is 5.28. The van der Waals surface area contributed by atoms with Crippen molar-refractivity contribution in [3.63, 3.8) is 0 Å². The van der Waals surface area contributed by atoms with Crippen LogP contribution in [-0.2, 0) is 0 Å². The highest BCUT2D eigenvalue weighted by Crippen LogP contribution is 2.37. The first-order valence-corrected chi connectivity index (χ1v) is 20.5. The normalized spacial score (nSPS) is 11.5. The molecule has 0 atom stereocenters. The zero-order valence-corrected chi connectivity index (χ0v) is 33.2. The number of benzene rings is 7. The van der Waals surface area contributed by atoms with E-state index in [4.69, 9.17) is 29.9 Å². The maximum atomic E-state index is 5.28. The van der Waals surface area contributed by atoms with Crippen LogP contribution in [0.5, 0.6) is 0 Å². The van der Waals surface area contributed by atoms with Crippen LogP contribution in [0.2, 0.25) is 0 Å². The van der Waals surface area contributed by atoms with Gasteiger partial charge in [-0.15, -0.1) is 0 Å². The van der Waals surface area contributed by atoms with E-state index in [1.54, 1.807) is 0 Å². The fraction of sp³-hybridized carbons (Fsp3) is 0. The minimum Gasteiger partial charge on any atom is -0.254 e. The Morgan fingerprint density at radius 3 is 1.35 bits per heavy atom. The van der Waals surface area contributed by atoms with Crippen molar-refractivity contribution in [1.82, 2.24) is 34.9 Å². The molecular formula is C55H33N7. The molecule has 0 bridgehead atoms. The van der Waals surface area contributed by atoms with Crippen molar-refractivity contribution >= 4 is 54.4 Å². The van der Waals surface area contributed by atoms with E-state index in [0.717, 1.165) is 99.2 Å². The Morgan fingerprint density at radius 2 is 0.742 bits per heavy atom. The van der Waals surface area contributed by atoms with E-state index in [2.05, 4.69) is 126 Å². The lowest BCUT2D eigenvalue weighted by Gasteiger charge is -2.13. The van der Waals surface area contributed by atoms with Crippen LogP contribution in [0.4, 0.5) is 0 Å². The zero-order valence-electron chi connectivity index (χ0n) is 33.2. The largest absolute Gasteiger partial charge is 0.254 e. The van der Waals surface area contributed by atoms with Crippen LogP contribution in [0, 0.1) is 0 Å². The van der Waals surface area contributed by atoms with Gasteiger partial charge >= 0.3 is 0 Å². The molecule has 12 aromatic rings. The lowest BCUT2D eigenvalue weighted by molar-refractivity contribution is 1.06. The van der Waals surface area contributed by atoms with Gasteiger partial charge in [-0.1, -0.05) is 158 Å². The van der Waals surface area contributed by atoms with Gasteiger partial charge in [0, 0.05) is 50.0 Å². The number of rotatable bonds is 6. The van der Waals surface area contributed by atoms with Crippen LogP contribution < -0.4 is 0 Å². The highest BCUT2D eigenvalue weighted by atomic mass is 15.0. The van der Waals surface area contributed by atoms with Gasteiger partial charge < -0.3 is 0 Å². The van der Waals surface area contributed by atoms with Crippen LogP contribution in [0.3, 0.4) is 0 Å². The summed E-state index contributed by atoms with van der Waals surface area (Å²) in [5, 5.41) is 6.48. The second kappa shape index (κ2) is 14.6. The Balaban J connectivity index is 0.912. The van der Waals surface area contributed by atoms with Crippen molar-refractivity contribution in [2.75, 3.05) is 0 Å². The maximum Gasteiger partial charge on any atom is 0.182 e. The third kappa shape index (κ3) is 6.28. The van der Waals surface area contributed by atoms with E-state index in [1.165, 1.54) is 0 Å². The Bertz CT molecular complexity index is 3640.